The van der Waals surface area contributed by atoms with Crippen molar-refractivity contribution in [3.8, 4) is 22.3 Å². The van der Waals surface area contributed by atoms with Gasteiger partial charge < -0.3 is 5.11 Å². The Balaban J connectivity index is 0.000000196. The molecule has 0 fully saturated rings. The van der Waals surface area contributed by atoms with E-state index in [1.165, 1.54) is 0 Å². The van der Waals surface area contributed by atoms with Crippen LogP contribution in [0.5, 0.6) is 0 Å². The first-order valence-corrected chi connectivity index (χ1v) is 10.2. The van der Waals surface area contributed by atoms with Gasteiger partial charge in [-0.2, -0.15) is 0 Å². The molecule has 2 aromatic heterocycles. The van der Waals surface area contributed by atoms with E-state index in [0.717, 1.165) is 28.5 Å². The molecule has 0 bridgehead atoms. The van der Waals surface area contributed by atoms with Crippen LogP contribution < -0.4 is 0 Å². The molecule has 0 amide bonds. The number of carbonyl (C=O) groups excluding carboxylic acids is 1. The quantitative estimate of drug-likeness (QED) is 0.358. The van der Waals surface area contributed by atoms with E-state index in [-0.39, 0.29) is 6.61 Å². The zero-order chi connectivity index (χ0) is 22.3. The number of aliphatic hydroxyl groups excluding tert-OH is 1. The normalized spacial score (nSPS) is 9.32. The molecule has 0 unspecified atom stereocenters. The molecule has 0 radical (unpaired) electrons. The van der Waals surface area contributed by atoms with Gasteiger partial charge in [0.05, 0.1) is 12.3 Å². The van der Waals surface area contributed by atoms with Gasteiger partial charge in [0.1, 0.15) is 5.69 Å². The summed E-state index contributed by atoms with van der Waals surface area (Å²) in [4.78, 5) is 18.5. The second kappa shape index (κ2) is 13.7. The molecular formula is C24H20MnN2O4. The molecule has 6 nitrogen and oxygen atoms in total. The second-order valence-electron chi connectivity index (χ2n) is 6.08. The molecule has 157 valence electrons. The molecule has 0 saturated carbocycles. The summed E-state index contributed by atoms with van der Waals surface area (Å²) in [5, 5.41) is 8.95. The van der Waals surface area contributed by atoms with Crippen LogP contribution in [-0.2, 0) is 29.1 Å². The van der Waals surface area contributed by atoms with Gasteiger partial charge in [-0.1, -0.05) is 60.7 Å². The van der Waals surface area contributed by atoms with Gasteiger partial charge in [0.15, 0.2) is 6.29 Å². The molecule has 2 aromatic carbocycles. The van der Waals surface area contributed by atoms with Crippen molar-refractivity contribution in [1.82, 2.24) is 9.97 Å². The second-order valence-corrected chi connectivity index (χ2v) is 6.27. The number of pyridine rings is 2. The standard InChI is InChI=1S/C12H11NO.C12H9NO.Mn.2O/c2*14-9-12-8-11(6-7-13-12)10-4-2-1-3-5-10;;;/h1-8,14H,9H2;1-9H;;;. The van der Waals surface area contributed by atoms with Crippen LogP contribution >= 0.6 is 0 Å². The first-order valence-electron chi connectivity index (χ1n) is 9.19. The molecule has 0 saturated heterocycles. The molecule has 0 aliphatic rings. The Morgan fingerprint density at radius 3 is 1.68 bits per heavy atom. The zero-order valence-corrected chi connectivity index (χ0v) is 17.6. The van der Waals surface area contributed by atoms with Crippen molar-refractivity contribution in [2.24, 2.45) is 0 Å². The van der Waals surface area contributed by atoms with E-state index in [0.29, 0.717) is 11.4 Å². The molecule has 2 heterocycles. The maximum absolute atomic E-state index is 10.5. The minimum absolute atomic E-state index is 0.0132. The Morgan fingerprint density at radius 2 is 1.19 bits per heavy atom. The van der Waals surface area contributed by atoms with Gasteiger partial charge >= 0.3 is 22.5 Å². The summed E-state index contributed by atoms with van der Waals surface area (Å²) in [5.41, 5.74) is 5.51. The summed E-state index contributed by atoms with van der Waals surface area (Å²) in [6.07, 6.45) is 4.12. The Morgan fingerprint density at radius 1 is 0.710 bits per heavy atom. The van der Waals surface area contributed by atoms with Gasteiger partial charge in [-0.25, -0.2) is 0 Å². The summed E-state index contributed by atoms with van der Waals surface area (Å²) in [7, 11) is 0. The van der Waals surface area contributed by atoms with Crippen molar-refractivity contribution in [1.29, 1.82) is 0 Å². The Hall–Kier alpha value is -3.51. The number of aldehydes is 1. The number of nitrogens with zero attached hydrogens (tertiary/aromatic N) is 2. The number of rotatable bonds is 4. The fraction of sp³-hybridized carbons (Fsp3) is 0.0417. The summed E-state index contributed by atoms with van der Waals surface area (Å²) in [5.74, 6) is 0. The Kier molecular flexibility index (Phi) is 10.5. The van der Waals surface area contributed by atoms with Crippen LogP contribution in [0.25, 0.3) is 22.3 Å². The van der Waals surface area contributed by atoms with Gasteiger partial charge in [0.25, 0.3) is 0 Å². The topological polar surface area (TPSA) is 97.2 Å². The van der Waals surface area contributed by atoms with Crippen LogP contribution in [0.1, 0.15) is 16.2 Å². The third-order valence-electron chi connectivity index (χ3n) is 4.09. The van der Waals surface area contributed by atoms with Crippen molar-refractivity contribution in [2.45, 2.75) is 6.61 Å². The molecule has 31 heavy (non-hydrogen) atoms. The fourth-order valence-corrected chi connectivity index (χ4v) is 2.70. The number of hydrogen-bond donors (Lipinski definition) is 1. The monoisotopic (exact) mass is 455 g/mol. The average Bonchev–Trinajstić information content (AvgIpc) is 2.86. The number of hydrogen-bond acceptors (Lipinski definition) is 6. The van der Waals surface area contributed by atoms with Crippen molar-refractivity contribution in [3.05, 3.63) is 109 Å². The summed E-state index contributed by atoms with van der Waals surface area (Å²) in [6.45, 7) is -0.0132. The number of carbonyl (C=O) groups is 1. The number of benzene rings is 2. The van der Waals surface area contributed by atoms with Gasteiger partial charge in [-0.15, -0.1) is 0 Å². The van der Waals surface area contributed by atoms with E-state index < -0.39 is 14.8 Å². The van der Waals surface area contributed by atoms with Gasteiger partial charge in [-0.05, 0) is 46.5 Å². The first kappa shape index (κ1) is 23.8. The van der Waals surface area contributed by atoms with E-state index in [4.69, 9.17) is 12.8 Å². The van der Waals surface area contributed by atoms with Crippen LogP contribution in [0.4, 0.5) is 0 Å². The molecule has 4 rings (SSSR count). The van der Waals surface area contributed by atoms with E-state index in [9.17, 15) is 4.79 Å². The van der Waals surface area contributed by atoms with Gasteiger partial charge in [0.2, 0.25) is 0 Å². The van der Waals surface area contributed by atoms with Gasteiger partial charge in [-0.3, -0.25) is 14.8 Å². The predicted molar refractivity (Wildman–Crippen MR) is 112 cm³/mol. The van der Waals surface area contributed by atoms with Crippen LogP contribution in [0.2, 0.25) is 0 Å². The first-order chi connectivity index (χ1) is 15.2. The predicted octanol–water partition coefficient (Wildman–Crippen LogP) is 4.56. The van der Waals surface area contributed by atoms with Crippen molar-refractivity contribution in [3.63, 3.8) is 0 Å². The van der Waals surface area contributed by atoms with Crippen molar-refractivity contribution in [2.75, 3.05) is 0 Å². The van der Waals surface area contributed by atoms with E-state index >= 15 is 0 Å². The molecule has 4 aromatic rings. The SMILES string of the molecule is O=Cc1cc(-c2ccccc2)ccn1.OCc1cc(-c2ccccc2)ccn1.[O]=[Mn]=[O]. The zero-order valence-electron chi connectivity index (χ0n) is 16.5. The average molecular weight is 455 g/mol. The van der Waals surface area contributed by atoms with E-state index in [2.05, 4.69) is 9.97 Å². The Bertz CT molecular complexity index is 1120. The maximum atomic E-state index is 10.5. The van der Waals surface area contributed by atoms with Gasteiger partial charge in [0, 0.05) is 12.4 Å². The van der Waals surface area contributed by atoms with Crippen LogP contribution in [-0.4, -0.2) is 21.4 Å². The fourth-order valence-electron chi connectivity index (χ4n) is 2.70. The van der Waals surface area contributed by atoms with Crippen LogP contribution in [0.3, 0.4) is 0 Å². The molecular weight excluding hydrogens is 435 g/mol. The summed E-state index contributed by atoms with van der Waals surface area (Å²) >= 11 is -1.44. The third kappa shape index (κ3) is 8.03. The van der Waals surface area contributed by atoms with Crippen LogP contribution in [0.15, 0.2) is 97.3 Å². The van der Waals surface area contributed by atoms with E-state index in [1.807, 2.05) is 78.9 Å². The molecule has 0 spiro atoms. The molecule has 1 N–H and O–H groups in total. The molecule has 0 atom stereocenters. The third-order valence-corrected chi connectivity index (χ3v) is 4.09. The summed E-state index contributed by atoms with van der Waals surface area (Å²) in [6, 6.07) is 27.5. The molecule has 0 aliphatic carbocycles. The van der Waals surface area contributed by atoms with Crippen molar-refractivity contribution >= 4 is 6.29 Å². The minimum atomic E-state index is -1.44. The number of aromatic nitrogens is 2. The molecule has 0 aliphatic heterocycles. The summed E-state index contributed by atoms with van der Waals surface area (Å²) < 4.78 is 16.8. The Labute approximate surface area is 186 Å². The van der Waals surface area contributed by atoms with E-state index in [1.54, 1.807) is 18.5 Å². The molecule has 7 heteroatoms. The van der Waals surface area contributed by atoms with Crippen molar-refractivity contribution < 1.29 is 32.4 Å². The number of aliphatic hydroxyl groups is 1. The van der Waals surface area contributed by atoms with Crippen LogP contribution in [0, 0.1) is 0 Å².